The second kappa shape index (κ2) is 3.88. The standard InChI is InChI=1S/C3H7N3O5S/c4-2(7)1-5-12(10,11)6-3(8)9/h5-6H,1H2,(H2,4,7)(H,8,9). The van der Waals surface area contributed by atoms with Crippen molar-refractivity contribution in [1.29, 1.82) is 0 Å². The third kappa shape index (κ3) is 5.44. The molecular weight excluding hydrogens is 190 g/mol. The van der Waals surface area contributed by atoms with Crippen LogP contribution in [0.4, 0.5) is 4.79 Å². The van der Waals surface area contributed by atoms with Crippen molar-refractivity contribution in [3.05, 3.63) is 0 Å². The molecule has 70 valence electrons. The molecule has 0 radical (unpaired) electrons. The number of rotatable bonds is 4. The number of carboxylic acid groups (broad SMARTS) is 1. The number of amides is 2. The predicted octanol–water partition coefficient (Wildman–Crippen LogP) is -2.43. The van der Waals surface area contributed by atoms with Crippen molar-refractivity contribution < 1.29 is 23.1 Å². The van der Waals surface area contributed by atoms with Crippen LogP contribution in [0.5, 0.6) is 0 Å². The molecule has 2 amide bonds. The van der Waals surface area contributed by atoms with E-state index < -0.39 is 28.8 Å². The first kappa shape index (κ1) is 10.7. The molecule has 0 saturated heterocycles. The van der Waals surface area contributed by atoms with Gasteiger partial charge in [0.05, 0.1) is 6.54 Å². The van der Waals surface area contributed by atoms with Crippen LogP contribution in [0, 0.1) is 0 Å². The van der Waals surface area contributed by atoms with Gasteiger partial charge in [-0.25, -0.2) is 9.52 Å². The van der Waals surface area contributed by atoms with E-state index in [1.165, 1.54) is 0 Å². The maximum atomic E-state index is 10.5. The highest BCUT2D eigenvalue weighted by atomic mass is 32.2. The normalized spacial score (nSPS) is 10.7. The first-order valence-corrected chi connectivity index (χ1v) is 4.10. The van der Waals surface area contributed by atoms with Gasteiger partial charge in [-0.15, -0.1) is 0 Å². The van der Waals surface area contributed by atoms with Gasteiger partial charge in [-0.2, -0.15) is 13.1 Å². The Morgan fingerprint density at radius 3 is 2.25 bits per heavy atom. The average Bonchev–Trinajstić information content (AvgIpc) is 1.81. The van der Waals surface area contributed by atoms with Crippen molar-refractivity contribution in [2.24, 2.45) is 5.73 Å². The van der Waals surface area contributed by atoms with Crippen LogP contribution in [0.1, 0.15) is 0 Å². The zero-order valence-electron chi connectivity index (χ0n) is 5.77. The van der Waals surface area contributed by atoms with E-state index in [9.17, 15) is 18.0 Å². The minimum absolute atomic E-state index is 0.650. The monoisotopic (exact) mass is 197 g/mol. The summed E-state index contributed by atoms with van der Waals surface area (Å²) in [5.74, 6) is -0.911. The molecule has 9 heteroatoms. The summed E-state index contributed by atoms with van der Waals surface area (Å²) in [4.78, 5) is 19.9. The third-order valence-corrected chi connectivity index (χ3v) is 1.63. The molecule has 0 bridgehead atoms. The van der Waals surface area contributed by atoms with E-state index in [1.807, 2.05) is 0 Å². The van der Waals surface area contributed by atoms with Crippen LogP contribution in [0.3, 0.4) is 0 Å². The summed E-state index contributed by atoms with van der Waals surface area (Å²) in [7, 11) is -4.18. The van der Waals surface area contributed by atoms with Gasteiger partial charge in [-0.05, 0) is 0 Å². The lowest BCUT2D eigenvalue weighted by Crippen LogP contribution is -2.43. The molecule has 0 aliphatic rings. The molecule has 0 aliphatic carbocycles. The highest BCUT2D eigenvalue weighted by Crippen LogP contribution is 1.74. The van der Waals surface area contributed by atoms with Crippen molar-refractivity contribution in [3.8, 4) is 0 Å². The Kier molecular flexibility index (Phi) is 3.44. The Hall–Kier alpha value is -1.35. The topological polar surface area (TPSA) is 139 Å². The molecule has 0 aromatic rings. The molecule has 0 aromatic heterocycles. The van der Waals surface area contributed by atoms with Crippen LogP contribution in [0.15, 0.2) is 0 Å². The molecule has 0 saturated carbocycles. The second-order valence-corrected chi connectivity index (χ2v) is 3.20. The van der Waals surface area contributed by atoms with Crippen LogP contribution < -0.4 is 15.2 Å². The van der Waals surface area contributed by atoms with Gasteiger partial charge in [0.2, 0.25) is 5.91 Å². The van der Waals surface area contributed by atoms with Gasteiger partial charge < -0.3 is 10.8 Å². The van der Waals surface area contributed by atoms with Crippen LogP contribution in [-0.4, -0.2) is 32.1 Å². The second-order valence-electron chi connectivity index (χ2n) is 1.70. The zero-order valence-corrected chi connectivity index (χ0v) is 6.59. The van der Waals surface area contributed by atoms with E-state index >= 15 is 0 Å². The quantitative estimate of drug-likeness (QED) is 0.397. The van der Waals surface area contributed by atoms with E-state index in [1.54, 1.807) is 4.72 Å². The fraction of sp³-hybridized carbons (Fsp3) is 0.333. The lowest BCUT2D eigenvalue weighted by atomic mass is 10.7. The van der Waals surface area contributed by atoms with Gasteiger partial charge in [0, 0.05) is 0 Å². The summed E-state index contributed by atoms with van der Waals surface area (Å²) < 4.78 is 23.8. The number of nitrogens with one attached hydrogen (secondary N) is 2. The molecule has 5 N–H and O–H groups in total. The minimum atomic E-state index is -4.18. The highest BCUT2D eigenvalue weighted by molar-refractivity contribution is 7.88. The summed E-state index contributed by atoms with van der Waals surface area (Å²) in [6, 6.07) is 0. The number of carbonyl (C=O) groups excluding carboxylic acids is 1. The Bertz CT molecular complexity index is 282. The van der Waals surface area contributed by atoms with Gasteiger partial charge in [0.15, 0.2) is 0 Å². The molecule has 0 heterocycles. The fourth-order valence-corrected chi connectivity index (χ4v) is 0.952. The maximum absolute atomic E-state index is 10.5. The van der Waals surface area contributed by atoms with Crippen molar-refractivity contribution in [2.45, 2.75) is 0 Å². The summed E-state index contributed by atoms with van der Waals surface area (Å²) in [6.45, 7) is -0.650. The summed E-state index contributed by atoms with van der Waals surface area (Å²) in [5, 5.41) is 7.97. The largest absolute Gasteiger partial charge is 0.464 e. The molecule has 0 unspecified atom stereocenters. The van der Waals surface area contributed by atoms with Crippen LogP contribution in [0.25, 0.3) is 0 Å². The molecule has 0 atom stereocenters. The molecule has 0 rings (SSSR count). The molecule has 12 heavy (non-hydrogen) atoms. The Balaban J connectivity index is 4.06. The van der Waals surface area contributed by atoms with Crippen LogP contribution in [0.2, 0.25) is 0 Å². The highest BCUT2D eigenvalue weighted by Gasteiger charge is 2.12. The predicted molar refractivity (Wildman–Crippen MR) is 37.3 cm³/mol. The van der Waals surface area contributed by atoms with Crippen LogP contribution >= 0.6 is 0 Å². The number of hydrogen-bond donors (Lipinski definition) is 4. The number of carbonyl (C=O) groups is 2. The van der Waals surface area contributed by atoms with E-state index in [0.29, 0.717) is 0 Å². The number of nitrogens with two attached hydrogens (primary N) is 1. The third-order valence-electron chi connectivity index (χ3n) is 0.658. The van der Waals surface area contributed by atoms with Crippen molar-refractivity contribution in [1.82, 2.24) is 9.44 Å². The molecular formula is C3H7N3O5S. The Morgan fingerprint density at radius 2 is 1.92 bits per heavy atom. The SMILES string of the molecule is NC(=O)CNS(=O)(=O)NC(=O)O. The Morgan fingerprint density at radius 1 is 1.42 bits per heavy atom. The smallest absolute Gasteiger partial charge is 0.419 e. The van der Waals surface area contributed by atoms with E-state index in [2.05, 4.69) is 5.73 Å². The molecule has 0 spiro atoms. The lowest BCUT2D eigenvalue weighted by Gasteiger charge is -2.02. The van der Waals surface area contributed by atoms with Gasteiger partial charge in [-0.1, -0.05) is 0 Å². The number of primary amides is 1. The zero-order chi connectivity index (χ0) is 9.78. The maximum Gasteiger partial charge on any atom is 0.419 e. The fourth-order valence-electron chi connectivity index (χ4n) is 0.317. The lowest BCUT2D eigenvalue weighted by molar-refractivity contribution is -0.116. The van der Waals surface area contributed by atoms with E-state index in [-0.39, 0.29) is 0 Å². The number of hydrogen-bond acceptors (Lipinski definition) is 4. The van der Waals surface area contributed by atoms with Gasteiger partial charge in [-0.3, -0.25) is 4.79 Å². The average molecular weight is 197 g/mol. The van der Waals surface area contributed by atoms with Crippen molar-refractivity contribution >= 4 is 22.2 Å². The van der Waals surface area contributed by atoms with Crippen molar-refractivity contribution in [3.63, 3.8) is 0 Å². The van der Waals surface area contributed by atoms with Crippen LogP contribution in [-0.2, 0) is 15.0 Å². The molecule has 8 nitrogen and oxygen atoms in total. The first-order chi connectivity index (χ1) is 5.33. The summed E-state index contributed by atoms with van der Waals surface area (Å²) in [5.41, 5.74) is 4.59. The molecule has 0 aromatic carbocycles. The molecule has 0 aliphatic heterocycles. The van der Waals surface area contributed by atoms with Gasteiger partial charge in [0.25, 0.3) is 0 Å². The van der Waals surface area contributed by atoms with Crippen molar-refractivity contribution in [2.75, 3.05) is 6.54 Å². The minimum Gasteiger partial charge on any atom is -0.464 e. The van der Waals surface area contributed by atoms with Gasteiger partial charge >= 0.3 is 16.3 Å². The van der Waals surface area contributed by atoms with Gasteiger partial charge in [0.1, 0.15) is 0 Å². The first-order valence-electron chi connectivity index (χ1n) is 2.62. The van der Waals surface area contributed by atoms with E-state index in [0.717, 1.165) is 4.72 Å². The summed E-state index contributed by atoms with van der Waals surface area (Å²) >= 11 is 0. The van der Waals surface area contributed by atoms with E-state index in [4.69, 9.17) is 5.11 Å². The molecule has 0 fully saturated rings. The summed E-state index contributed by atoms with van der Waals surface area (Å²) in [6.07, 6.45) is -1.74. The Labute approximate surface area is 67.9 Å².